The quantitative estimate of drug-likeness (QED) is 0.462. The Morgan fingerprint density at radius 3 is 2.40 bits per heavy atom. The molecule has 0 aliphatic carbocycles. The first-order valence-corrected chi connectivity index (χ1v) is 8.06. The van der Waals surface area contributed by atoms with Gasteiger partial charge < -0.3 is 9.47 Å². The van der Waals surface area contributed by atoms with E-state index in [1.807, 2.05) is 0 Å². The van der Waals surface area contributed by atoms with Gasteiger partial charge >= 0.3 is 0 Å². The van der Waals surface area contributed by atoms with Crippen LogP contribution >= 0.6 is 0 Å². The normalized spacial score (nSPS) is 18.1. The molecule has 0 saturated carbocycles. The van der Waals surface area contributed by atoms with E-state index in [-0.39, 0.29) is 6.29 Å². The van der Waals surface area contributed by atoms with Crippen LogP contribution in [0.1, 0.15) is 70.6 Å². The average molecular weight is 276 g/mol. The van der Waals surface area contributed by atoms with E-state index < -0.39 is 0 Å². The average Bonchev–Trinajstić information content (AvgIpc) is 2.49. The maximum absolute atomic E-state index is 5.69. The minimum Gasteiger partial charge on any atom is -0.353 e. The van der Waals surface area contributed by atoms with Crippen molar-refractivity contribution in [2.75, 3.05) is 13.2 Å². The molecule has 1 saturated heterocycles. The molecule has 1 aliphatic rings. The minimum atomic E-state index is 0.0616. The first kappa shape index (κ1) is 17.1. The zero-order valence-electron chi connectivity index (χ0n) is 12.7. The van der Waals surface area contributed by atoms with Crippen LogP contribution in [-0.2, 0) is 9.47 Å². The number of terminal acetylenes is 1. The molecule has 0 aromatic carbocycles. The van der Waals surface area contributed by atoms with E-state index in [0.29, 0.717) is 0 Å². The van der Waals surface area contributed by atoms with Crippen LogP contribution in [0, 0.1) is 24.2 Å². The second-order valence-electron chi connectivity index (χ2n) is 5.24. The highest BCUT2D eigenvalue weighted by Gasteiger charge is 2.12. The molecule has 0 bridgehead atoms. The Morgan fingerprint density at radius 1 is 0.950 bits per heavy atom. The van der Waals surface area contributed by atoms with E-state index >= 15 is 0 Å². The first-order chi connectivity index (χ1) is 9.93. The van der Waals surface area contributed by atoms with Crippen LogP contribution in [0.2, 0.25) is 0 Å². The summed E-state index contributed by atoms with van der Waals surface area (Å²) >= 11 is 0. The molecule has 1 unspecified atom stereocenters. The molecule has 1 rings (SSSR count). The van der Waals surface area contributed by atoms with Crippen LogP contribution in [0.3, 0.4) is 0 Å². The molecule has 1 aliphatic heterocycles. The van der Waals surface area contributed by atoms with E-state index in [1.165, 1.54) is 25.7 Å². The lowest BCUT2D eigenvalue weighted by Crippen LogP contribution is -2.22. The van der Waals surface area contributed by atoms with Gasteiger partial charge in [0.1, 0.15) is 0 Å². The number of ether oxygens (including phenoxy) is 2. The summed E-state index contributed by atoms with van der Waals surface area (Å²) in [7, 11) is 0. The van der Waals surface area contributed by atoms with Crippen molar-refractivity contribution >= 4 is 0 Å². The van der Waals surface area contributed by atoms with Gasteiger partial charge in [0.2, 0.25) is 0 Å². The van der Waals surface area contributed by atoms with E-state index in [0.717, 1.165) is 58.2 Å². The van der Waals surface area contributed by atoms with Crippen molar-refractivity contribution in [3.63, 3.8) is 0 Å². The van der Waals surface area contributed by atoms with Gasteiger partial charge in [0.15, 0.2) is 6.29 Å². The summed E-state index contributed by atoms with van der Waals surface area (Å²) in [6.45, 7) is 1.69. The molecule has 2 heteroatoms. The Bertz CT molecular complexity index is 313. The van der Waals surface area contributed by atoms with E-state index in [9.17, 15) is 0 Å². The lowest BCUT2D eigenvalue weighted by atomic mass is 10.1. The molecule has 0 amide bonds. The van der Waals surface area contributed by atoms with Gasteiger partial charge in [0.05, 0.1) is 0 Å². The van der Waals surface area contributed by atoms with Crippen LogP contribution in [-0.4, -0.2) is 19.5 Å². The van der Waals surface area contributed by atoms with Gasteiger partial charge in [-0.1, -0.05) is 6.42 Å². The van der Waals surface area contributed by atoms with Crippen LogP contribution in [0.4, 0.5) is 0 Å². The predicted octanol–water partition coefficient (Wildman–Crippen LogP) is 4.29. The van der Waals surface area contributed by atoms with Gasteiger partial charge in [0.25, 0.3) is 0 Å². The molecule has 0 N–H and O–H groups in total. The monoisotopic (exact) mass is 276 g/mol. The number of hydrogen-bond donors (Lipinski definition) is 0. The van der Waals surface area contributed by atoms with E-state index in [4.69, 9.17) is 15.9 Å². The number of unbranched alkanes of at least 4 members (excludes halogenated alkanes) is 6. The Hall–Kier alpha value is -0.960. The zero-order chi connectivity index (χ0) is 14.3. The van der Waals surface area contributed by atoms with E-state index in [2.05, 4.69) is 17.8 Å². The van der Waals surface area contributed by atoms with Crippen molar-refractivity contribution in [3.05, 3.63) is 0 Å². The Labute approximate surface area is 124 Å². The molecule has 0 aromatic rings. The first-order valence-electron chi connectivity index (χ1n) is 8.06. The van der Waals surface area contributed by atoms with Crippen LogP contribution in [0.5, 0.6) is 0 Å². The molecule has 1 heterocycles. The third-order valence-corrected chi connectivity index (χ3v) is 3.39. The van der Waals surface area contributed by atoms with E-state index in [1.54, 1.807) is 0 Å². The minimum absolute atomic E-state index is 0.0616. The van der Waals surface area contributed by atoms with Crippen LogP contribution in [0.15, 0.2) is 0 Å². The highest BCUT2D eigenvalue weighted by molar-refractivity contribution is 4.98. The fourth-order valence-corrected chi connectivity index (χ4v) is 2.17. The molecule has 1 fully saturated rings. The summed E-state index contributed by atoms with van der Waals surface area (Å²) in [6.07, 6.45) is 17.3. The molecule has 0 aromatic heterocycles. The molecule has 2 nitrogen and oxygen atoms in total. The predicted molar refractivity (Wildman–Crippen MR) is 83.1 cm³/mol. The van der Waals surface area contributed by atoms with Gasteiger partial charge in [-0.05, 0) is 44.9 Å². The fourth-order valence-electron chi connectivity index (χ4n) is 2.17. The number of hydrogen-bond acceptors (Lipinski definition) is 2. The summed E-state index contributed by atoms with van der Waals surface area (Å²) in [5.74, 6) is 9.11. The smallest absolute Gasteiger partial charge is 0.157 e. The molecular weight excluding hydrogens is 248 g/mol. The van der Waals surface area contributed by atoms with Gasteiger partial charge in [-0.15, -0.1) is 24.2 Å². The highest BCUT2D eigenvalue weighted by atomic mass is 16.7. The Balaban J connectivity index is 1.80. The SMILES string of the molecule is C#CCCCCC#CCCCCCOC1CCCCO1. The second-order valence-corrected chi connectivity index (χ2v) is 5.24. The summed E-state index contributed by atoms with van der Waals surface area (Å²) in [5, 5.41) is 0. The lowest BCUT2D eigenvalue weighted by molar-refractivity contribution is -0.162. The van der Waals surface area contributed by atoms with Crippen molar-refractivity contribution in [1.82, 2.24) is 0 Å². The molecule has 0 radical (unpaired) electrons. The molecular formula is C18H28O2. The van der Waals surface area contributed by atoms with Crippen LogP contribution < -0.4 is 0 Å². The number of rotatable bonds is 9. The van der Waals surface area contributed by atoms with Gasteiger partial charge in [-0.3, -0.25) is 0 Å². The summed E-state index contributed by atoms with van der Waals surface area (Å²) < 4.78 is 11.2. The molecule has 112 valence electrons. The third-order valence-electron chi connectivity index (χ3n) is 3.39. The Morgan fingerprint density at radius 2 is 1.70 bits per heavy atom. The van der Waals surface area contributed by atoms with Crippen molar-refractivity contribution in [2.45, 2.75) is 76.9 Å². The van der Waals surface area contributed by atoms with Gasteiger partial charge in [-0.25, -0.2) is 0 Å². The fraction of sp³-hybridized carbons (Fsp3) is 0.778. The lowest BCUT2D eigenvalue weighted by Gasteiger charge is -2.22. The van der Waals surface area contributed by atoms with Crippen molar-refractivity contribution in [3.8, 4) is 24.2 Å². The highest BCUT2D eigenvalue weighted by Crippen LogP contribution is 2.14. The Kier molecular flexibility index (Phi) is 11.1. The maximum atomic E-state index is 5.69. The summed E-state index contributed by atoms with van der Waals surface area (Å²) in [4.78, 5) is 0. The van der Waals surface area contributed by atoms with Crippen molar-refractivity contribution in [1.29, 1.82) is 0 Å². The standard InChI is InChI=1S/C18H28O2/c1-2-3-4-5-6-7-8-9-10-11-13-16-19-18-15-12-14-17-20-18/h1,18H,3-6,9-17H2. The molecule has 1 atom stereocenters. The molecule has 20 heavy (non-hydrogen) atoms. The third kappa shape index (κ3) is 9.90. The maximum Gasteiger partial charge on any atom is 0.157 e. The summed E-state index contributed by atoms with van der Waals surface area (Å²) in [6, 6.07) is 0. The molecule has 0 spiro atoms. The topological polar surface area (TPSA) is 18.5 Å². The van der Waals surface area contributed by atoms with Crippen molar-refractivity contribution in [2.24, 2.45) is 0 Å². The zero-order valence-corrected chi connectivity index (χ0v) is 12.7. The largest absolute Gasteiger partial charge is 0.353 e. The van der Waals surface area contributed by atoms with Crippen molar-refractivity contribution < 1.29 is 9.47 Å². The second kappa shape index (κ2) is 13.0. The van der Waals surface area contributed by atoms with Gasteiger partial charge in [0, 0.05) is 32.5 Å². The summed E-state index contributed by atoms with van der Waals surface area (Å²) in [5.41, 5.74) is 0. The van der Waals surface area contributed by atoms with Gasteiger partial charge in [-0.2, -0.15) is 0 Å². The van der Waals surface area contributed by atoms with Crippen LogP contribution in [0.25, 0.3) is 0 Å².